The van der Waals surface area contributed by atoms with Gasteiger partial charge >= 0.3 is 0 Å². The summed E-state index contributed by atoms with van der Waals surface area (Å²) in [6.07, 6.45) is 3.06. The number of piperazine rings is 1. The highest BCUT2D eigenvalue weighted by Crippen LogP contribution is 2.29. The second-order valence-electron chi connectivity index (χ2n) is 7.81. The number of para-hydroxylation sites is 1. The molecule has 2 aliphatic heterocycles. The molecule has 0 N–H and O–H groups in total. The quantitative estimate of drug-likeness (QED) is 0.691. The number of hydrogen-bond donors (Lipinski definition) is 0. The molecule has 0 spiro atoms. The zero-order chi connectivity index (χ0) is 20.2. The number of benzene rings is 2. The van der Waals surface area contributed by atoms with Gasteiger partial charge in [0.1, 0.15) is 11.6 Å². The summed E-state index contributed by atoms with van der Waals surface area (Å²) >= 11 is 0. The molecule has 0 radical (unpaired) electrons. The van der Waals surface area contributed by atoms with E-state index in [9.17, 15) is 13.6 Å². The number of nitrogens with zero attached hydrogens (tertiary/aromatic N) is 3. The third kappa shape index (κ3) is 4.58. The molecule has 0 atom stereocenters. The van der Waals surface area contributed by atoms with Crippen molar-refractivity contribution < 1.29 is 13.6 Å². The fourth-order valence-electron chi connectivity index (χ4n) is 4.30. The molecule has 0 aromatic heterocycles. The van der Waals surface area contributed by atoms with Crippen LogP contribution in [0.1, 0.15) is 24.8 Å². The molecule has 1 saturated heterocycles. The van der Waals surface area contributed by atoms with Crippen molar-refractivity contribution in [3.8, 4) is 0 Å². The maximum Gasteiger partial charge on any atom is 0.226 e. The fourth-order valence-corrected chi connectivity index (χ4v) is 4.30. The average molecular weight is 399 g/mol. The maximum atomic E-state index is 13.9. The summed E-state index contributed by atoms with van der Waals surface area (Å²) in [4.78, 5) is 18.8. The Hall–Kier alpha value is -2.47. The van der Waals surface area contributed by atoms with Crippen molar-refractivity contribution in [2.24, 2.45) is 0 Å². The van der Waals surface area contributed by atoms with Crippen LogP contribution in [-0.4, -0.2) is 50.1 Å². The maximum absolute atomic E-state index is 13.9. The Morgan fingerprint density at radius 1 is 0.897 bits per heavy atom. The second-order valence-corrected chi connectivity index (χ2v) is 7.81. The van der Waals surface area contributed by atoms with Crippen LogP contribution in [0.2, 0.25) is 0 Å². The van der Waals surface area contributed by atoms with E-state index in [0.717, 1.165) is 63.2 Å². The van der Waals surface area contributed by atoms with E-state index in [1.807, 2.05) is 12.1 Å². The van der Waals surface area contributed by atoms with Gasteiger partial charge in [-0.25, -0.2) is 8.78 Å². The summed E-state index contributed by atoms with van der Waals surface area (Å²) in [7, 11) is 0. The SMILES string of the molecule is O=C(CCCCN1CCN(c2ccccc2F)CC1)N1CCc2cc(F)ccc21. The van der Waals surface area contributed by atoms with Gasteiger partial charge in [-0.15, -0.1) is 0 Å². The number of fused-ring (bicyclic) bond motifs is 1. The van der Waals surface area contributed by atoms with Gasteiger partial charge in [-0.1, -0.05) is 12.1 Å². The van der Waals surface area contributed by atoms with E-state index in [1.165, 1.54) is 18.2 Å². The molecule has 154 valence electrons. The third-order valence-electron chi connectivity index (χ3n) is 5.92. The summed E-state index contributed by atoms with van der Waals surface area (Å²) in [6, 6.07) is 11.6. The second kappa shape index (κ2) is 8.91. The minimum Gasteiger partial charge on any atom is -0.367 e. The van der Waals surface area contributed by atoms with Gasteiger partial charge in [-0.2, -0.15) is 0 Å². The van der Waals surface area contributed by atoms with Gasteiger partial charge in [0.05, 0.1) is 5.69 Å². The number of carbonyl (C=O) groups excluding carboxylic acids is 1. The Morgan fingerprint density at radius 3 is 2.48 bits per heavy atom. The van der Waals surface area contributed by atoms with E-state index >= 15 is 0 Å². The highest BCUT2D eigenvalue weighted by atomic mass is 19.1. The van der Waals surface area contributed by atoms with Gasteiger partial charge in [0.25, 0.3) is 0 Å². The molecule has 1 amide bonds. The van der Waals surface area contributed by atoms with Gasteiger partial charge in [-0.3, -0.25) is 9.69 Å². The van der Waals surface area contributed by atoms with Crippen molar-refractivity contribution >= 4 is 17.3 Å². The number of anilines is 2. The summed E-state index contributed by atoms with van der Waals surface area (Å²) in [5, 5.41) is 0. The van der Waals surface area contributed by atoms with Gasteiger partial charge in [0, 0.05) is 44.8 Å². The Morgan fingerprint density at radius 2 is 1.69 bits per heavy atom. The Balaban J connectivity index is 1.18. The first-order chi connectivity index (χ1) is 14.1. The third-order valence-corrected chi connectivity index (χ3v) is 5.92. The molecule has 2 heterocycles. The molecule has 2 aromatic carbocycles. The van der Waals surface area contributed by atoms with Crippen LogP contribution >= 0.6 is 0 Å². The van der Waals surface area contributed by atoms with E-state index in [1.54, 1.807) is 17.0 Å². The van der Waals surface area contributed by atoms with Crippen molar-refractivity contribution in [1.29, 1.82) is 0 Å². The summed E-state index contributed by atoms with van der Waals surface area (Å²) in [5.41, 5.74) is 2.47. The minimum absolute atomic E-state index is 0.125. The molecular formula is C23H27F2N3O. The van der Waals surface area contributed by atoms with Crippen LogP contribution in [-0.2, 0) is 11.2 Å². The van der Waals surface area contributed by atoms with Crippen LogP contribution in [0.15, 0.2) is 42.5 Å². The Bertz CT molecular complexity index is 865. The lowest BCUT2D eigenvalue weighted by molar-refractivity contribution is -0.118. The molecule has 6 heteroatoms. The zero-order valence-electron chi connectivity index (χ0n) is 16.6. The largest absolute Gasteiger partial charge is 0.367 e. The number of hydrogen-bond acceptors (Lipinski definition) is 3. The lowest BCUT2D eigenvalue weighted by atomic mass is 10.1. The van der Waals surface area contributed by atoms with Crippen molar-refractivity contribution in [2.75, 3.05) is 49.1 Å². The summed E-state index contributed by atoms with van der Waals surface area (Å²) < 4.78 is 27.3. The van der Waals surface area contributed by atoms with Gasteiger partial charge in [0.2, 0.25) is 5.91 Å². The summed E-state index contributed by atoms with van der Waals surface area (Å²) in [6.45, 7) is 5.07. The number of rotatable bonds is 6. The number of halogens is 2. The first kappa shape index (κ1) is 19.8. The lowest BCUT2D eigenvalue weighted by Gasteiger charge is -2.36. The van der Waals surface area contributed by atoms with Crippen LogP contribution in [0.3, 0.4) is 0 Å². The van der Waals surface area contributed by atoms with Crippen molar-refractivity contribution in [3.63, 3.8) is 0 Å². The molecule has 2 aliphatic rings. The summed E-state index contributed by atoms with van der Waals surface area (Å²) in [5.74, 6) is -0.279. The van der Waals surface area contributed by atoms with Gasteiger partial charge in [0.15, 0.2) is 0 Å². The number of amides is 1. The highest BCUT2D eigenvalue weighted by molar-refractivity contribution is 5.95. The van der Waals surface area contributed by atoms with Crippen molar-refractivity contribution in [1.82, 2.24) is 4.90 Å². The van der Waals surface area contributed by atoms with E-state index in [0.29, 0.717) is 18.7 Å². The van der Waals surface area contributed by atoms with Crippen LogP contribution in [0, 0.1) is 11.6 Å². The normalized spacial score (nSPS) is 16.9. The highest BCUT2D eigenvalue weighted by Gasteiger charge is 2.24. The van der Waals surface area contributed by atoms with Crippen molar-refractivity contribution in [3.05, 3.63) is 59.7 Å². The monoisotopic (exact) mass is 399 g/mol. The smallest absolute Gasteiger partial charge is 0.226 e. The van der Waals surface area contributed by atoms with E-state index in [2.05, 4.69) is 9.80 Å². The van der Waals surface area contributed by atoms with Crippen LogP contribution < -0.4 is 9.80 Å². The van der Waals surface area contributed by atoms with Gasteiger partial charge in [-0.05, 0) is 61.7 Å². The molecule has 2 aromatic rings. The van der Waals surface area contributed by atoms with Crippen LogP contribution in [0.25, 0.3) is 0 Å². The van der Waals surface area contributed by atoms with Crippen molar-refractivity contribution in [2.45, 2.75) is 25.7 Å². The average Bonchev–Trinajstić information content (AvgIpc) is 3.15. The minimum atomic E-state index is -0.242. The molecule has 4 nitrogen and oxygen atoms in total. The molecule has 4 rings (SSSR count). The first-order valence-electron chi connectivity index (χ1n) is 10.4. The predicted octanol–water partition coefficient (Wildman–Crippen LogP) is 3.85. The first-order valence-corrected chi connectivity index (χ1v) is 10.4. The fraction of sp³-hybridized carbons (Fsp3) is 0.435. The van der Waals surface area contributed by atoms with Crippen LogP contribution in [0.5, 0.6) is 0 Å². The van der Waals surface area contributed by atoms with E-state index in [4.69, 9.17) is 0 Å². The molecule has 0 saturated carbocycles. The van der Waals surface area contributed by atoms with E-state index < -0.39 is 0 Å². The molecule has 0 bridgehead atoms. The Labute approximate surface area is 170 Å². The predicted molar refractivity (Wildman–Crippen MR) is 111 cm³/mol. The molecule has 0 aliphatic carbocycles. The standard InChI is InChI=1S/C23H27F2N3O/c24-19-8-9-21-18(17-19)10-12-28(21)23(29)7-3-4-11-26-13-15-27(16-14-26)22-6-2-1-5-20(22)25/h1-2,5-6,8-9,17H,3-4,7,10-16H2. The molecule has 0 unspecified atom stereocenters. The lowest BCUT2D eigenvalue weighted by Crippen LogP contribution is -2.46. The van der Waals surface area contributed by atoms with Crippen LogP contribution in [0.4, 0.5) is 20.2 Å². The molecule has 1 fully saturated rings. The topological polar surface area (TPSA) is 26.8 Å². The Kier molecular flexibility index (Phi) is 6.09. The zero-order valence-corrected chi connectivity index (χ0v) is 16.6. The number of carbonyl (C=O) groups is 1. The molecule has 29 heavy (non-hydrogen) atoms. The van der Waals surface area contributed by atoms with E-state index in [-0.39, 0.29) is 17.5 Å². The van der Waals surface area contributed by atoms with Gasteiger partial charge < -0.3 is 9.80 Å². The molecular weight excluding hydrogens is 372 g/mol. The number of unbranched alkanes of at least 4 members (excludes halogenated alkanes) is 1.